The molecule has 0 heterocycles. The zero-order valence-electron chi connectivity index (χ0n) is 70.5. The number of carbonyl (C=O) groups excluding carboxylic acids is 2. The first kappa shape index (κ1) is 102. The summed E-state index contributed by atoms with van der Waals surface area (Å²) in [7, 11) is 1.20. The van der Waals surface area contributed by atoms with E-state index < -0.39 is 26.5 Å². The highest BCUT2D eigenvalue weighted by Crippen LogP contribution is 2.38. The number of hydrogen-bond acceptors (Lipinski definition) is 8. The topological polar surface area (TPSA) is 111 Å². The molecule has 0 spiro atoms. The Morgan fingerprint density at radius 1 is 0.308 bits per heavy atom. The predicted molar refractivity (Wildman–Crippen MR) is 453 cm³/mol. The van der Waals surface area contributed by atoms with Gasteiger partial charge in [0.25, 0.3) is 7.82 Å². The largest absolute Gasteiger partial charge is 0.756 e. The van der Waals surface area contributed by atoms with E-state index in [1.54, 1.807) is 0 Å². The fourth-order valence-corrected chi connectivity index (χ4v) is 15.1. The van der Waals surface area contributed by atoms with Crippen molar-refractivity contribution in [3.63, 3.8) is 0 Å². The maximum absolute atomic E-state index is 12.9. The summed E-state index contributed by atoms with van der Waals surface area (Å²) >= 11 is 0. The Labute approximate surface area is 649 Å². The van der Waals surface area contributed by atoms with E-state index in [1.165, 1.54) is 398 Å². The van der Waals surface area contributed by atoms with Gasteiger partial charge in [-0.15, -0.1) is 0 Å². The first-order chi connectivity index (χ1) is 51.0. The third-order valence-electron chi connectivity index (χ3n) is 21.4. The Morgan fingerprint density at radius 3 is 0.817 bits per heavy atom. The summed E-state index contributed by atoms with van der Waals surface area (Å²) in [6.07, 6.45) is 115. The van der Waals surface area contributed by atoms with Crippen LogP contribution in [0.4, 0.5) is 0 Å². The fraction of sp³-hybridized carbons (Fsp3) is 0.894. The van der Waals surface area contributed by atoms with Crippen molar-refractivity contribution in [1.29, 1.82) is 0 Å². The highest BCUT2D eigenvalue weighted by Gasteiger charge is 2.22. The molecule has 614 valence electrons. The lowest BCUT2D eigenvalue weighted by molar-refractivity contribution is -0.870. The Balaban J connectivity index is 3.81. The summed E-state index contributed by atoms with van der Waals surface area (Å²) in [4.78, 5) is 38.3. The number of carbonyl (C=O) groups is 2. The lowest BCUT2D eigenvalue weighted by atomic mass is 10.0. The van der Waals surface area contributed by atoms with Gasteiger partial charge in [-0.25, -0.2) is 0 Å². The molecule has 0 aliphatic carbocycles. The van der Waals surface area contributed by atoms with Crippen molar-refractivity contribution in [2.75, 3.05) is 47.5 Å². The highest BCUT2D eigenvalue weighted by molar-refractivity contribution is 7.45. The molecule has 0 aromatic rings. The van der Waals surface area contributed by atoms with Crippen LogP contribution in [0.3, 0.4) is 0 Å². The van der Waals surface area contributed by atoms with E-state index in [0.717, 1.165) is 57.8 Å². The maximum Gasteiger partial charge on any atom is 0.306 e. The molecule has 9 nitrogen and oxygen atoms in total. The zero-order chi connectivity index (χ0) is 75.4. The molecule has 0 aromatic carbocycles. The number of esters is 2. The summed E-state index contributed by atoms with van der Waals surface area (Å²) in [5.74, 6) is -0.802. The van der Waals surface area contributed by atoms with E-state index in [0.29, 0.717) is 17.4 Å². The predicted octanol–water partition coefficient (Wildman–Crippen LogP) is 30.8. The monoisotopic (exact) mass is 1480 g/mol. The molecule has 0 aliphatic rings. The van der Waals surface area contributed by atoms with E-state index in [-0.39, 0.29) is 32.0 Å². The number of phosphoric ester groups is 1. The first-order valence-electron chi connectivity index (χ1n) is 46.3. The van der Waals surface area contributed by atoms with Crippen molar-refractivity contribution in [3.05, 3.63) is 48.6 Å². The molecule has 0 radical (unpaired) electrons. The molecule has 0 saturated heterocycles. The van der Waals surface area contributed by atoms with E-state index in [1.807, 2.05) is 21.1 Å². The van der Waals surface area contributed by atoms with Crippen molar-refractivity contribution in [1.82, 2.24) is 0 Å². The Morgan fingerprint density at radius 2 is 0.548 bits per heavy atom. The molecule has 0 aromatic heterocycles. The number of unbranched alkanes of at least 4 members (excludes halogenated alkanes) is 66. The van der Waals surface area contributed by atoms with Crippen LogP contribution in [0.2, 0.25) is 0 Å². The quantitative estimate of drug-likeness (QED) is 0.0195. The second kappa shape index (κ2) is 85.0. The van der Waals surface area contributed by atoms with Gasteiger partial charge in [0.2, 0.25) is 0 Å². The number of nitrogens with zero attached hydrogens (tertiary/aromatic N) is 1. The van der Waals surface area contributed by atoms with Gasteiger partial charge in [-0.05, 0) is 51.4 Å². The maximum atomic E-state index is 12.9. The van der Waals surface area contributed by atoms with Crippen LogP contribution in [0.15, 0.2) is 48.6 Å². The molecule has 2 atom stereocenters. The van der Waals surface area contributed by atoms with Gasteiger partial charge in [0.1, 0.15) is 19.8 Å². The average molecular weight is 1480 g/mol. The van der Waals surface area contributed by atoms with Crippen LogP contribution >= 0.6 is 7.82 Å². The van der Waals surface area contributed by atoms with Crippen LogP contribution in [-0.2, 0) is 32.7 Å². The van der Waals surface area contributed by atoms with E-state index in [4.69, 9.17) is 18.5 Å². The Kier molecular flexibility index (Phi) is 83.3. The Bertz CT molecular complexity index is 1890. The molecule has 0 N–H and O–H groups in total. The molecule has 0 fully saturated rings. The number of quaternary nitrogens is 1. The van der Waals surface area contributed by atoms with Crippen molar-refractivity contribution < 1.29 is 42.1 Å². The molecule has 10 heteroatoms. The van der Waals surface area contributed by atoms with Crippen molar-refractivity contribution in [3.8, 4) is 0 Å². The molecule has 0 saturated carbocycles. The number of allylic oxidation sites excluding steroid dienone is 8. The SMILES string of the molecule is CC/C=C\C/C=C\C/C=C\C/C=C\CCCCCCCCCCCCCCCCCCCCCCCCCCCCCCC(=O)OC(COC(=O)CCCCCCCCCCCCCCCCCCCCCCCCCCCCCCCCCCCCCCCCC)COP(=O)([O-])OCC[N+](C)(C)C. The molecule has 0 rings (SSSR count). The second-order valence-electron chi connectivity index (χ2n) is 33.0. The van der Waals surface area contributed by atoms with Gasteiger partial charge >= 0.3 is 11.9 Å². The summed E-state index contributed by atoms with van der Waals surface area (Å²) in [5, 5.41) is 0. The van der Waals surface area contributed by atoms with Crippen LogP contribution in [0.25, 0.3) is 0 Å². The standard InChI is InChI=1S/C94H180NO8P/c1-6-8-10-12-14-16-18-20-22-24-26-28-30-32-34-36-38-40-42-44-46-47-49-51-53-55-57-59-61-63-65-67-69-71-73-75-77-79-81-83-85-87-94(97)103-92(91-102-104(98,99)101-89-88-95(3,4)5)90-100-93(96)86-84-82-80-78-76-74-72-70-68-66-64-62-60-58-56-54-52-50-48-45-43-41-39-37-35-33-31-29-27-25-23-21-19-17-15-13-11-9-7-2/h8,10,14,16,20,22,26,28,92H,6-7,9,11-13,15,17-19,21,23-25,27,29-91H2,1-5H3/b10-8-,16-14-,22-20-,28-26-. The molecular weight excluding hydrogens is 1300 g/mol. The molecule has 104 heavy (non-hydrogen) atoms. The highest BCUT2D eigenvalue weighted by atomic mass is 31.2. The zero-order valence-corrected chi connectivity index (χ0v) is 71.4. The van der Waals surface area contributed by atoms with Crippen LogP contribution < -0.4 is 4.89 Å². The summed E-state index contributed by atoms with van der Waals surface area (Å²) in [6, 6.07) is 0. The van der Waals surface area contributed by atoms with Crippen molar-refractivity contribution in [2.24, 2.45) is 0 Å². The fourth-order valence-electron chi connectivity index (χ4n) is 14.4. The summed E-state index contributed by atoms with van der Waals surface area (Å²) in [5.41, 5.74) is 0. The van der Waals surface area contributed by atoms with Gasteiger partial charge in [0, 0.05) is 12.8 Å². The average Bonchev–Trinajstić information content (AvgIpc) is 0.920. The van der Waals surface area contributed by atoms with Gasteiger partial charge in [-0.3, -0.25) is 14.2 Å². The molecular formula is C94H180NO8P. The number of likely N-dealkylation sites (N-methyl/N-ethyl adjacent to an activating group) is 1. The minimum atomic E-state index is -4.65. The van der Waals surface area contributed by atoms with Crippen molar-refractivity contribution in [2.45, 2.75) is 495 Å². The minimum absolute atomic E-state index is 0.0266. The van der Waals surface area contributed by atoms with Crippen molar-refractivity contribution >= 4 is 19.8 Å². The normalized spacial score (nSPS) is 13.1. The summed E-state index contributed by atoms with van der Waals surface area (Å²) < 4.78 is 34.5. The summed E-state index contributed by atoms with van der Waals surface area (Å²) in [6.45, 7) is 4.23. The van der Waals surface area contributed by atoms with E-state index in [2.05, 4.69) is 62.5 Å². The van der Waals surface area contributed by atoms with Crippen LogP contribution in [0, 0.1) is 0 Å². The lowest BCUT2D eigenvalue weighted by Gasteiger charge is -2.28. The molecule has 0 amide bonds. The van der Waals surface area contributed by atoms with Gasteiger partial charge in [0.15, 0.2) is 6.10 Å². The first-order valence-corrected chi connectivity index (χ1v) is 47.8. The third-order valence-corrected chi connectivity index (χ3v) is 22.3. The third kappa shape index (κ3) is 88.9. The number of hydrogen-bond donors (Lipinski definition) is 0. The molecule has 2 unspecified atom stereocenters. The number of rotatable bonds is 88. The second-order valence-corrected chi connectivity index (χ2v) is 34.4. The van der Waals surface area contributed by atoms with Crippen LogP contribution in [0.5, 0.6) is 0 Å². The minimum Gasteiger partial charge on any atom is -0.756 e. The van der Waals surface area contributed by atoms with Gasteiger partial charge in [0.05, 0.1) is 27.7 Å². The van der Waals surface area contributed by atoms with E-state index in [9.17, 15) is 19.0 Å². The molecule has 0 bridgehead atoms. The van der Waals surface area contributed by atoms with E-state index >= 15 is 0 Å². The number of ether oxygens (including phenoxy) is 2. The van der Waals surface area contributed by atoms with Gasteiger partial charge in [-0.1, -0.05) is 473 Å². The van der Waals surface area contributed by atoms with Crippen LogP contribution in [0.1, 0.15) is 489 Å². The smallest absolute Gasteiger partial charge is 0.306 e. The lowest BCUT2D eigenvalue weighted by Crippen LogP contribution is -2.37. The molecule has 0 aliphatic heterocycles. The Hall–Kier alpha value is -2.03. The van der Waals surface area contributed by atoms with Crippen LogP contribution in [-0.4, -0.2) is 70.0 Å². The van der Waals surface area contributed by atoms with Gasteiger partial charge < -0.3 is 27.9 Å². The number of phosphoric acid groups is 1. The van der Waals surface area contributed by atoms with Gasteiger partial charge in [-0.2, -0.15) is 0 Å².